The number of hydrogen-bond donors (Lipinski definition) is 0. The minimum absolute atomic E-state index is 0. The molecule has 27 heavy (non-hydrogen) atoms. The van der Waals surface area contributed by atoms with Gasteiger partial charge in [-0.05, 0) is 0 Å². The van der Waals surface area contributed by atoms with Crippen molar-refractivity contribution >= 4 is 0 Å². The van der Waals surface area contributed by atoms with Crippen LogP contribution in [0.1, 0.15) is 5.56 Å². The first kappa shape index (κ1) is 49.5. The van der Waals surface area contributed by atoms with E-state index in [9.17, 15) is 0 Å². The third-order valence-corrected chi connectivity index (χ3v) is 2.57. The molecule has 0 nitrogen and oxygen atoms in total. The number of aryl methyl sites for hydroxylation is 1. The summed E-state index contributed by atoms with van der Waals surface area (Å²) in [5.41, 5.74) is 3.39. The molecule has 123 valence electrons. The Balaban J connectivity index is -0.0000000487. The Kier molecular flexibility index (Phi) is 61.5. The van der Waals surface area contributed by atoms with E-state index in [2.05, 4.69) is 18.2 Å². The summed E-state index contributed by atoms with van der Waals surface area (Å²) in [6.07, 6.45) is 0. The van der Waals surface area contributed by atoms with E-state index < -0.39 is 0 Å². The molecule has 0 bridgehead atoms. The minimum atomic E-state index is 0. The Hall–Kier alpha value is 5.39. The zero-order valence-electron chi connectivity index (χ0n) is 16.0. The smallest absolute Gasteiger partial charge is 0 e. The van der Waals surface area contributed by atoms with Gasteiger partial charge in [-0.3, -0.25) is 0 Å². The van der Waals surface area contributed by atoms with Crippen molar-refractivity contribution < 1.29 is 229 Å². The van der Waals surface area contributed by atoms with E-state index in [4.69, 9.17) is 0 Å². The summed E-state index contributed by atoms with van der Waals surface area (Å²) < 4.78 is 0. The summed E-state index contributed by atoms with van der Waals surface area (Å²) in [6, 6.07) is 33.1. The van der Waals surface area contributed by atoms with E-state index in [0.717, 1.165) is 11.1 Å². The van der Waals surface area contributed by atoms with Crippen LogP contribution in [0.4, 0.5) is 0 Å². The van der Waals surface area contributed by atoms with Gasteiger partial charge < -0.3 is 7.43 Å². The van der Waals surface area contributed by atoms with Crippen molar-refractivity contribution in [3.05, 3.63) is 104 Å². The molecule has 0 unspecified atom stereocenters. The summed E-state index contributed by atoms with van der Waals surface area (Å²) in [7, 11) is 0. The molecule has 7 radical (unpaired) electrons. The molecule has 0 saturated carbocycles. The van der Waals surface area contributed by atoms with Gasteiger partial charge in [-0.1, -0.05) is 6.92 Å². The van der Waals surface area contributed by atoms with Gasteiger partial charge in [0.05, 0.1) is 0 Å². The minimum Gasteiger partial charge on any atom is -0.358 e. The second kappa shape index (κ2) is 33.6. The molecule has 0 aliphatic rings. The molecule has 0 aliphatic heterocycles. The second-order valence-corrected chi connectivity index (χ2v) is 4.10. The molecular formula is C20H18Y7-4. The fourth-order valence-corrected chi connectivity index (χ4v) is 1.60. The molecular weight excluding hydrogens is 863 g/mol. The monoisotopic (exact) mass is 880 g/mol. The standard InChI is InChI=1S/C12H8.C7H7.CH3.7Y/c1-3-7-11(8-4-1)12-9-5-2-6-10-12;1-7-5-3-2-4-6-7;;;;;;;;/h1-7,9H;2-5H,1H3;1H3;;;;;;;/q-2;2*-1;;;;;;;. The van der Waals surface area contributed by atoms with Gasteiger partial charge in [-0.2, -0.15) is 84.4 Å². The van der Waals surface area contributed by atoms with Crippen molar-refractivity contribution in [2.75, 3.05) is 0 Å². The topological polar surface area (TPSA) is 0 Å². The molecule has 0 aliphatic carbocycles. The van der Waals surface area contributed by atoms with Gasteiger partial charge in [0, 0.05) is 229 Å². The van der Waals surface area contributed by atoms with E-state index in [1.54, 1.807) is 0 Å². The average Bonchev–Trinajstić information content (AvgIpc) is 2.51. The summed E-state index contributed by atoms with van der Waals surface area (Å²) in [5.74, 6) is 0. The summed E-state index contributed by atoms with van der Waals surface area (Å²) in [4.78, 5) is 0. The SMILES string of the molecule is Cc1[c-]cccc1.[CH3-].[Y].[Y].[Y].[Y].[Y].[Y].[Y].[c-]1ccccc1-c1[c-]cccc1. The van der Waals surface area contributed by atoms with Crippen LogP contribution in [0.15, 0.2) is 72.8 Å². The third kappa shape index (κ3) is 24.3. The van der Waals surface area contributed by atoms with Crippen LogP contribution < -0.4 is 0 Å². The Morgan fingerprint density at radius 3 is 1.00 bits per heavy atom. The van der Waals surface area contributed by atoms with Crippen LogP contribution in [0.5, 0.6) is 0 Å². The van der Waals surface area contributed by atoms with Gasteiger partial charge in [-0.15, -0.1) is 12.1 Å². The predicted molar refractivity (Wildman–Crippen MR) is 86.0 cm³/mol. The molecule has 7 heteroatoms. The van der Waals surface area contributed by atoms with Crippen molar-refractivity contribution in [3.63, 3.8) is 0 Å². The molecule has 0 spiro atoms. The molecule has 0 fully saturated rings. The van der Waals surface area contributed by atoms with Gasteiger partial charge in [0.2, 0.25) is 0 Å². The van der Waals surface area contributed by atoms with Gasteiger partial charge >= 0.3 is 0 Å². The van der Waals surface area contributed by atoms with Crippen LogP contribution in [0, 0.1) is 32.5 Å². The largest absolute Gasteiger partial charge is 0.358 e. The molecule has 0 atom stereocenters. The van der Waals surface area contributed by atoms with Crippen LogP contribution in [-0.2, 0) is 229 Å². The van der Waals surface area contributed by atoms with Crippen molar-refractivity contribution in [2.24, 2.45) is 0 Å². The molecule has 0 amide bonds. The maximum absolute atomic E-state index is 3.15. The zero-order chi connectivity index (χ0) is 13.3. The van der Waals surface area contributed by atoms with Crippen molar-refractivity contribution in [1.29, 1.82) is 0 Å². The number of rotatable bonds is 1. The van der Waals surface area contributed by atoms with Crippen molar-refractivity contribution in [2.45, 2.75) is 6.92 Å². The fourth-order valence-electron chi connectivity index (χ4n) is 1.60. The van der Waals surface area contributed by atoms with Crippen molar-refractivity contribution in [3.8, 4) is 11.1 Å². The van der Waals surface area contributed by atoms with Crippen LogP contribution in [-0.4, -0.2) is 0 Å². The van der Waals surface area contributed by atoms with E-state index in [1.165, 1.54) is 5.56 Å². The van der Waals surface area contributed by atoms with Gasteiger partial charge in [-0.25, -0.2) is 11.1 Å². The maximum atomic E-state index is 3.15. The normalized spacial score (nSPS) is 6.56. The first-order valence-electron chi connectivity index (χ1n) is 6.23. The zero-order valence-corrected chi connectivity index (χ0v) is 35.8. The quantitative estimate of drug-likeness (QED) is 0.296. The molecule has 0 saturated heterocycles. The Morgan fingerprint density at radius 1 is 0.481 bits per heavy atom. The Bertz CT molecular complexity index is 553. The van der Waals surface area contributed by atoms with Gasteiger partial charge in [0.25, 0.3) is 0 Å². The van der Waals surface area contributed by atoms with Gasteiger partial charge in [0.15, 0.2) is 0 Å². The average molecular weight is 881 g/mol. The third-order valence-electron chi connectivity index (χ3n) is 2.57. The van der Waals surface area contributed by atoms with Crippen LogP contribution in [0.2, 0.25) is 0 Å². The molecule has 0 aromatic heterocycles. The fraction of sp³-hybridized carbons (Fsp3) is 0.0500. The van der Waals surface area contributed by atoms with E-state index >= 15 is 0 Å². The van der Waals surface area contributed by atoms with Crippen LogP contribution in [0.3, 0.4) is 0 Å². The first-order chi connectivity index (χ1) is 9.36. The molecule has 0 heterocycles. The molecule has 0 N–H and O–H groups in total. The first-order valence-corrected chi connectivity index (χ1v) is 6.23. The predicted octanol–water partition coefficient (Wildman–Crippen LogP) is 5.18. The number of benzene rings is 3. The molecule has 3 aromatic rings. The summed E-state index contributed by atoms with van der Waals surface area (Å²) in [6.45, 7) is 2.03. The van der Waals surface area contributed by atoms with Crippen molar-refractivity contribution in [1.82, 2.24) is 0 Å². The number of hydrogen-bond acceptors (Lipinski definition) is 0. The van der Waals surface area contributed by atoms with E-state index in [1.807, 2.05) is 79.7 Å². The molecule has 3 aromatic carbocycles. The summed E-state index contributed by atoms with van der Waals surface area (Å²) in [5, 5.41) is 0. The van der Waals surface area contributed by atoms with E-state index in [0.29, 0.717) is 0 Å². The van der Waals surface area contributed by atoms with E-state index in [-0.39, 0.29) is 236 Å². The summed E-state index contributed by atoms with van der Waals surface area (Å²) >= 11 is 0. The van der Waals surface area contributed by atoms with Gasteiger partial charge in [0.1, 0.15) is 0 Å². The Morgan fingerprint density at radius 2 is 0.815 bits per heavy atom. The Labute approximate surface area is 342 Å². The molecule has 3 rings (SSSR count). The maximum Gasteiger partial charge on any atom is 0 e. The van der Waals surface area contributed by atoms with Crippen LogP contribution in [0.25, 0.3) is 11.1 Å². The second-order valence-electron chi connectivity index (χ2n) is 4.10. The van der Waals surface area contributed by atoms with Crippen LogP contribution >= 0.6 is 0 Å².